The van der Waals surface area contributed by atoms with E-state index in [1.807, 2.05) is 0 Å². The standard InChI is InChI=1S/C10H9F2NO4/c11-10(12)17-7-4-2-1-3-6(7)9(15)16-5-8(13)14/h1-4,10H,5H2,(H2,13,14). The Bertz CT molecular complexity index is 423. The molecule has 0 bridgehead atoms. The monoisotopic (exact) mass is 245 g/mol. The van der Waals surface area contributed by atoms with Gasteiger partial charge in [0.05, 0.1) is 0 Å². The molecular weight excluding hydrogens is 236 g/mol. The van der Waals surface area contributed by atoms with Gasteiger partial charge in [0.1, 0.15) is 11.3 Å². The molecule has 1 amide bonds. The largest absolute Gasteiger partial charge is 0.452 e. The maximum absolute atomic E-state index is 12.0. The third-order valence-electron chi connectivity index (χ3n) is 1.67. The minimum atomic E-state index is -3.06. The lowest BCUT2D eigenvalue weighted by Crippen LogP contribution is -2.21. The Morgan fingerprint density at radius 2 is 1.94 bits per heavy atom. The summed E-state index contributed by atoms with van der Waals surface area (Å²) in [5, 5.41) is 0. The Balaban J connectivity index is 2.81. The molecule has 0 heterocycles. The molecule has 5 nitrogen and oxygen atoms in total. The van der Waals surface area contributed by atoms with E-state index >= 15 is 0 Å². The molecule has 0 atom stereocenters. The van der Waals surface area contributed by atoms with Crippen molar-refractivity contribution >= 4 is 11.9 Å². The SMILES string of the molecule is NC(=O)COC(=O)c1ccccc1OC(F)F. The van der Waals surface area contributed by atoms with Crippen molar-refractivity contribution in [3.05, 3.63) is 29.8 Å². The number of primary amides is 1. The van der Waals surface area contributed by atoms with Gasteiger partial charge < -0.3 is 15.2 Å². The van der Waals surface area contributed by atoms with E-state index < -0.39 is 25.1 Å². The van der Waals surface area contributed by atoms with Crippen LogP contribution >= 0.6 is 0 Å². The Labute approximate surface area is 95.1 Å². The van der Waals surface area contributed by atoms with E-state index in [-0.39, 0.29) is 11.3 Å². The van der Waals surface area contributed by atoms with Crippen molar-refractivity contribution in [1.29, 1.82) is 0 Å². The summed E-state index contributed by atoms with van der Waals surface area (Å²) in [5.74, 6) is -2.12. The first-order valence-electron chi connectivity index (χ1n) is 4.50. The highest BCUT2D eigenvalue weighted by Gasteiger charge is 2.16. The molecule has 0 saturated carbocycles. The third-order valence-corrected chi connectivity index (χ3v) is 1.67. The average Bonchev–Trinajstić information content (AvgIpc) is 2.25. The van der Waals surface area contributed by atoms with Crippen LogP contribution in [0.15, 0.2) is 24.3 Å². The number of alkyl halides is 2. The predicted molar refractivity (Wildman–Crippen MR) is 52.6 cm³/mol. The van der Waals surface area contributed by atoms with Crippen molar-refractivity contribution < 1.29 is 27.8 Å². The van der Waals surface area contributed by atoms with Crippen molar-refractivity contribution in [2.24, 2.45) is 5.73 Å². The van der Waals surface area contributed by atoms with Gasteiger partial charge in [0, 0.05) is 0 Å². The number of halogens is 2. The lowest BCUT2D eigenvalue weighted by Gasteiger charge is -2.09. The Morgan fingerprint density at radius 1 is 1.29 bits per heavy atom. The fourth-order valence-electron chi connectivity index (χ4n) is 1.05. The van der Waals surface area contributed by atoms with E-state index in [1.54, 1.807) is 0 Å². The molecular formula is C10H9F2NO4. The first-order chi connectivity index (χ1) is 8.00. The quantitative estimate of drug-likeness (QED) is 0.782. The highest BCUT2D eigenvalue weighted by Crippen LogP contribution is 2.20. The number of ether oxygens (including phenoxy) is 2. The van der Waals surface area contributed by atoms with Crippen molar-refractivity contribution in [2.45, 2.75) is 6.61 Å². The molecule has 0 aliphatic rings. The summed E-state index contributed by atoms with van der Waals surface area (Å²) in [7, 11) is 0. The lowest BCUT2D eigenvalue weighted by atomic mass is 10.2. The van der Waals surface area contributed by atoms with Crippen LogP contribution in [0.25, 0.3) is 0 Å². The van der Waals surface area contributed by atoms with Gasteiger partial charge in [0.15, 0.2) is 6.61 Å². The molecule has 0 fully saturated rings. The normalized spacial score (nSPS) is 10.1. The van der Waals surface area contributed by atoms with Crippen LogP contribution in [0, 0.1) is 0 Å². The molecule has 0 aliphatic carbocycles. The molecule has 1 rings (SSSR count). The summed E-state index contributed by atoms with van der Waals surface area (Å²) in [5.41, 5.74) is 4.57. The fraction of sp³-hybridized carbons (Fsp3) is 0.200. The second-order valence-electron chi connectivity index (χ2n) is 2.92. The highest BCUT2D eigenvalue weighted by atomic mass is 19.3. The number of carbonyl (C=O) groups is 2. The minimum Gasteiger partial charge on any atom is -0.452 e. The number of hydrogen-bond donors (Lipinski definition) is 1. The summed E-state index contributed by atoms with van der Waals surface area (Å²) in [6.45, 7) is -3.68. The van der Waals surface area contributed by atoms with E-state index in [1.165, 1.54) is 24.3 Å². The van der Waals surface area contributed by atoms with Gasteiger partial charge in [-0.2, -0.15) is 8.78 Å². The predicted octanol–water partition coefficient (Wildman–Crippen LogP) is 0.930. The first-order valence-corrected chi connectivity index (χ1v) is 4.50. The van der Waals surface area contributed by atoms with Crippen LogP contribution < -0.4 is 10.5 Å². The third kappa shape index (κ3) is 4.06. The van der Waals surface area contributed by atoms with Crippen molar-refractivity contribution in [1.82, 2.24) is 0 Å². The fourth-order valence-corrected chi connectivity index (χ4v) is 1.05. The molecule has 0 unspecified atom stereocenters. The van der Waals surface area contributed by atoms with Crippen molar-refractivity contribution in [2.75, 3.05) is 6.61 Å². The Morgan fingerprint density at radius 3 is 2.53 bits per heavy atom. The molecule has 1 aromatic carbocycles. The molecule has 17 heavy (non-hydrogen) atoms. The van der Waals surface area contributed by atoms with Gasteiger partial charge >= 0.3 is 12.6 Å². The number of rotatable bonds is 5. The molecule has 7 heteroatoms. The van der Waals surface area contributed by atoms with Crippen molar-refractivity contribution in [3.8, 4) is 5.75 Å². The zero-order valence-corrected chi connectivity index (χ0v) is 8.56. The van der Waals surface area contributed by atoms with Gasteiger partial charge in [-0.3, -0.25) is 4.79 Å². The summed E-state index contributed by atoms with van der Waals surface area (Å²) in [4.78, 5) is 21.8. The van der Waals surface area contributed by atoms with Crippen LogP contribution in [0.5, 0.6) is 5.75 Å². The number of para-hydroxylation sites is 1. The number of carbonyl (C=O) groups excluding carboxylic acids is 2. The number of hydrogen-bond acceptors (Lipinski definition) is 4. The van der Waals surface area contributed by atoms with Crippen LogP contribution in [0.4, 0.5) is 8.78 Å². The topological polar surface area (TPSA) is 78.6 Å². The van der Waals surface area contributed by atoms with Gasteiger partial charge in [-0.1, -0.05) is 12.1 Å². The molecule has 0 radical (unpaired) electrons. The smallest absolute Gasteiger partial charge is 0.387 e. The minimum absolute atomic E-state index is 0.200. The van der Waals surface area contributed by atoms with Gasteiger partial charge in [0.2, 0.25) is 0 Å². The summed E-state index contributed by atoms with van der Waals surface area (Å²) in [6, 6.07) is 5.29. The van der Waals surface area contributed by atoms with Crippen LogP contribution in [0.3, 0.4) is 0 Å². The molecule has 1 aromatic rings. The number of amides is 1. The zero-order chi connectivity index (χ0) is 12.8. The molecule has 0 aliphatic heterocycles. The maximum atomic E-state index is 12.0. The van der Waals surface area contributed by atoms with Crippen LogP contribution in [0.2, 0.25) is 0 Å². The second kappa shape index (κ2) is 5.78. The van der Waals surface area contributed by atoms with Crippen LogP contribution in [-0.2, 0) is 9.53 Å². The summed E-state index contributed by atoms with van der Waals surface area (Å²) >= 11 is 0. The highest BCUT2D eigenvalue weighted by molar-refractivity contribution is 5.93. The van der Waals surface area contributed by atoms with Gasteiger partial charge in [-0.15, -0.1) is 0 Å². The lowest BCUT2D eigenvalue weighted by molar-refractivity contribution is -0.121. The molecule has 0 saturated heterocycles. The zero-order valence-electron chi connectivity index (χ0n) is 8.56. The van der Waals surface area contributed by atoms with E-state index in [0.717, 1.165) is 0 Å². The van der Waals surface area contributed by atoms with Crippen LogP contribution in [-0.4, -0.2) is 25.1 Å². The van der Waals surface area contributed by atoms with Gasteiger partial charge in [-0.05, 0) is 12.1 Å². The molecule has 0 spiro atoms. The van der Waals surface area contributed by atoms with E-state index in [0.29, 0.717) is 0 Å². The van der Waals surface area contributed by atoms with Gasteiger partial charge in [-0.25, -0.2) is 4.79 Å². The van der Waals surface area contributed by atoms with E-state index in [2.05, 4.69) is 9.47 Å². The van der Waals surface area contributed by atoms with Crippen molar-refractivity contribution in [3.63, 3.8) is 0 Å². The Hall–Kier alpha value is -2.18. The molecule has 92 valence electrons. The second-order valence-corrected chi connectivity index (χ2v) is 2.92. The van der Waals surface area contributed by atoms with Gasteiger partial charge in [0.25, 0.3) is 5.91 Å². The summed E-state index contributed by atoms with van der Waals surface area (Å²) in [6.07, 6.45) is 0. The number of benzene rings is 1. The average molecular weight is 245 g/mol. The van der Waals surface area contributed by atoms with E-state index in [9.17, 15) is 18.4 Å². The number of nitrogens with two attached hydrogens (primary N) is 1. The van der Waals surface area contributed by atoms with E-state index in [4.69, 9.17) is 5.73 Å². The molecule has 2 N–H and O–H groups in total. The first kappa shape index (κ1) is 12.9. The molecule has 0 aromatic heterocycles. The maximum Gasteiger partial charge on any atom is 0.387 e. The number of esters is 1. The summed E-state index contributed by atoms with van der Waals surface area (Å²) < 4.78 is 32.7. The van der Waals surface area contributed by atoms with Crippen LogP contribution in [0.1, 0.15) is 10.4 Å². The Kier molecular flexibility index (Phi) is 4.38.